The van der Waals surface area contributed by atoms with Crippen LogP contribution in [0.3, 0.4) is 0 Å². The molecular weight excluding hydrogens is 709 g/mol. The Labute approximate surface area is 289 Å². The van der Waals surface area contributed by atoms with Crippen LogP contribution in [0.15, 0.2) is 67.5 Å². The van der Waals surface area contributed by atoms with Gasteiger partial charge >= 0.3 is 25.6 Å². The van der Waals surface area contributed by atoms with Gasteiger partial charge in [0, 0.05) is 18.0 Å². The highest BCUT2D eigenvalue weighted by Gasteiger charge is 2.29. The van der Waals surface area contributed by atoms with Crippen LogP contribution in [0.2, 0.25) is 0 Å². The van der Waals surface area contributed by atoms with E-state index in [4.69, 9.17) is 10.5 Å². The molecule has 0 radical (unpaired) electrons. The zero-order chi connectivity index (χ0) is 37.7. The number of nitrogen functional groups attached to an aromatic ring is 1. The number of ether oxygens (including phenoxy) is 4. The third-order valence-electron chi connectivity index (χ3n) is 6.27. The highest BCUT2D eigenvalue weighted by Crippen LogP contribution is 2.24. The van der Waals surface area contributed by atoms with E-state index in [9.17, 15) is 40.3 Å². The van der Waals surface area contributed by atoms with Gasteiger partial charge in [0.2, 0.25) is 0 Å². The Morgan fingerprint density at radius 2 is 1.42 bits per heavy atom. The Balaban J connectivity index is 1.54. The maximum Gasteiger partial charge on any atom is 0.522 e. The molecule has 0 saturated heterocycles. The van der Waals surface area contributed by atoms with Crippen LogP contribution in [0.4, 0.5) is 36.6 Å². The predicted molar refractivity (Wildman–Crippen MR) is 165 cm³/mol. The van der Waals surface area contributed by atoms with E-state index in [0.717, 1.165) is 36.4 Å². The zero-order valence-electron chi connectivity index (χ0n) is 26.2. The summed E-state index contributed by atoms with van der Waals surface area (Å²) < 4.78 is 108. The number of carbonyl (C=O) groups excluding carboxylic acids is 2. The quantitative estimate of drug-likeness (QED) is 0.118. The summed E-state index contributed by atoms with van der Waals surface area (Å²) in [5, 5.41) is 2.40. The van der Waals surface area contributed by atoms with Crippen molar-refractivity contribution in [3.8, 4) is 35.2 Å². The molecule has 0 spiro atoms. The molecule has 19 heteroatoms. The molecule has 0 saturated carbocycles. The number of nitrogens with two attached hydrogens (primary N) is 1. The molecule has 1 atom stereocenters. The molecule has 0 fully saturated rings. The van der Waals surface area contributed by atoms with Gasteiger partial charge in [0.05, 0.1) is 47.3 Å². The van der Waals surface area contributed by atoms with Crippen molar-refractivity contribution in [3.63, 3.8) is 0 Å². The molecule has 0 unspecified atom stereocenters. The Kier molecular flexibility index (Phi) is 13.2. The van der Waals surface area contributed by atoms with Crippen molar-refractivity contribution in [2.45, 2.75) is 32.0 Å². The second-order valence-electron chi connectivity index (χ2n) is 9.98. The number of alkyl halides is 7. The maximum absolute atomic E-state index is 13.2. The molecule has 4 aromatic rings. The number of hydrogen-bond acceptors (Lipinski definition) is 11. The molecule has 2 aromatic heterocycles. The van der Waals surface area contributed by atoms with Gasteiger partial charge in [-0.2, -0.15) is 17.6 Å². The van der Waals surface area contributed by atoms with Gasteiger partial charge in [-0.05, 0) is 48.7 Å². The summed E-state index contributed by atoms with van der Waals surface area (Å²) in [4.78, 5) is 41.4. The van der Waals surface area contributed by atoms with Crippen LogP contribution < -0.4 is 20.5 Å². The fourth-order valence-corrected chi connectivity index (χ4v) is 4.00. The number of carbonyl (C=O) groups is 2. The number of amides is 1. The monoisotopic (exact) mass is 732 g/mol. The molecule has 270 valence electrons. The van der Waals surface area contributed by atoms with Gasteiger partial charge in [0.1, 0.15) is 35.9 Å². The lowest BCUT2D eigenvalue weighted by molar-refractivity contribution is -0.325. The minimum atomic E-state index is -5.01. The van der Waals surface area contributed by atoms with Crippen LogP contribution in [0.1, 0.15) is 49.5 Å². The van der Waals surface area contributed by atoms with E-state index >= 15 is 0 Å². The molecule has 0 aliphatic carbocycles. The van der Waals surface area contributed by atoms with Gasteiger partial charge in [-0.3, -0.25) is 9.53 Å². The number of esters is 1. The molecule has 52 heavy (non-hydrogen) atoms. The van der Waals surface area contributed by atoms with Gasteiger partial charge in [0.15, 0.2) is 0 Å². The lowest BCUT2D eigenvalue weighted by Crippen LogP contribution is -2.40. The number of aromatic nitrogens is 4. The first kappa shape index (κ1) is 38.3. The maximum atomic E-state index is 13.2. The lowest BCUT2D eigenvalue weighted by atomic mass is 10.1. The molecule has 2 aromatic carbocycles. The van der Waals surface area contributed by atoms with Crippen LogP contribution in [-0.4, -0.2) is 70.7 Å². The van der Waals surface area contributed by atoms with Crippen LogP contribution in [-0.2, 0) is 9.47 Å². The van der Waals surface area contributed by atoms with E-state index in [1.54, 1.807) is 0 Å². The normalized spacial score (nSPS) is 11.5. The van der Waals surface area contributed by atoms with Crippen LogP contribution in [0.25, 0.3) is 0 Å². The minimum absolute atomic E-state index is 0.0954. The zero-order valence-corrected chi connectivity index (χ0v) is 26.2. The van der Waals surface area contributed by atoms with Crippen molar-refractivity contribution >= 4 is 17.7 Å². The Morgan fingerprint density at radius 3 is 2.02 bits per heavy atom. The van der Waals surface area contributed by atoms with Crippen molar-refractivity contribution in [2.75, 3.05) is 18.9 Å². The van der Waals surface area contributed by atoms with Gasteiger partial charge in [-0.15, -0.1) is 13.2 Å². The molecular formula is C33H23F7N6O6. The molecule has 1 amide bonds. The number of nitrogens with zero attached hydrogens (tertiary/aromatic N) is 4. The van der Waals surface area contributed by atoms with E-state index in [1.807, 2.05) is 0 Å². The topological polar surface area (TPSA) is 161 Å². The van der Waals surface area contributed by atoms with E-state index in [0.29, 0.717) is 5.56 Å². The van der Waals surface area contributed by atoms with Crippen molar-refractivity contribution in [1.29, 1.82) is 0 Å². The number of nitrogens with one attached hydrogen (secondary N) is 1. The average molecular weight is 733 g/mol. The summed E-state index contributed by atoms with van der Waals surface area (Å²) in [6.07, 6.45) is 0.807. The van der Waals surface area contributed by atoms with Gasteiger partial charge in [0.25, 0.3) is 5.91 Å². The molecule has 4 rings (SSSR count). The SMILES string of the molecule is Nc1cnc(C#Cc2cc(C(=O)N[C@@H](CCOC(F)(F)F)COC(=O)c3ccc(OC(F)F)c(C#Cc4cncnc4)c3)ccc2OC(F)F)cn1. The predicted octanol–water partition coefficient (Wildman–Crippen LogP) is 4.73. The van der Waals surface area contributed by atoms with E-state index < -0.39 is 62.9 Å². The Bertz CT molecular complexity index is 1980. The fourth-order valence-electron chi connectivity index (χ4n) is 4.00. The smallest absolute Gasteiger partial charge is 0.460 e. The number of rotatable bonds is 12. The van der Waals surface area contributed by atoms with Crippen LogP contribution in [0, 0.1) is 23.7 Å². The van der Waals surface area contributed by atoms with Crippen molar-refractivity contribution < 1.29 is 59.3 Å². The van der Waals surface area contributed by atoms with Crippen LogP contribution in [0.5, 0.6) is 11.5 Å². The van der Waals surface area contributed by atoms with Gasteiger partial charge < -0.3 is 25.3 Å². The standard InChI is InChI=1S/C33H23F7N6O6/c34-31(35)51-26-7-4-22(11-21(26)3-6-24-15-45-28(41)16-44-24)29(47)46-25(9-10-50-33(38,39)40)17-49-30(48)23-5-8-27(52-32(36)37)20(12-23)2-1-19-13-42-18-43-14-19/h4-5,7-8,11-16,18,25,31-32H,9-10,17H2,(H2,41,45)(H,46,47)/t25-/m0/s1. The molecule has 3 N–H and O–H groups in total. The largest absolute Gasteiger partial charge is 0.522 e. The van der Waals surface area contributed by atoms with Crippen LogP contribution >= 0.6 is 0 Å². The highest BCUT2D eigenvalue weighted by atomic mass is 19.4. The molecule has 12 nitrogen and oxygen atoms in total. The number of hydrogen-bond donors (Lipinski definition) is 2. The Hall–Kier alpha value is -6.47. The number of halogens is 7. The summed E-state index contributed by atoms with van der Waals surface area (Å²) >= 11 is 0. The molecule has 0 aliphatic heterocycles. The summed E-state index contributed by atoms with van der Waals surface area (Å²) in [6, 6.07) is 5.09. The third kappa shape index (κ3) is 12.4. The van der Waals surface area contributed by atoms with Crippen molar-refractivity contribution in [1.82, 2.24) is 25.3 Å². The summed E-state index contributed by atoms with van der Waals surface area (Å²) in [5.74, 6) is 7.62. The van der Waals surface area contributed by atoms with E-state index in [1.165, 1.54) is 31.1 Å². The Morgan fingerprint density at radius 1 is 0.808 bits per heavy atom. The van der Waals surface area contributed by atoms with Gasteiger partial charge in [-0.25, -0.2) is 24.7 Å². The summed E-state index contributed by atoms with van der Waals surface area (Å²) in [7, 11) is 0. The van der Waals surface area contributed by atoms with E-state index in [2.05, 4.69) is 63.1 Å². The van der Waals surface area contributed by atoms with Crippen molar-refractivity contribution in [3.05, 3.63) is 101 Å². The van der Waals surface area contributed by atoms with Crippen molar-refractivity contribution in [2.24, 2.45) is 0 Å². The number of anilines is 1. The molecule has 0 aliphatic rings. The first-order chi connectivity index (χ1) is 24.8. The lowest BCUT2D eigenvalue weighted by Gasteiger charge is -2.20. The first-order valence-electron chi connectivity index (χ1n) is 14.5. The number of benzene rings is 2. The second kappa shape index (κ2) is 18.0. The van der Waals surface area contributed by atoms with Gasteiger partial charge in [-0.1, -0.05) is 17.8 Å². The second-order valence-corrected chi connectivity index (χ2v) is 9.98. The fraction of sp³-hybridized carbons (Fsp3) is 0.212. The summed E-state index contributed by atoms with van der Waals surface area (Å²) in [6.45, 7) is -8.14. The minimum Gasteiger partial charge on any atom is -0.460 e. The first-order valence-corrected chi connectivity index (χ1v) is 14.5. The molecule has 0 bridgehead atoms. The molecule has 2 heterocycles. The van der Waals surface area contributed by atoms with E-state index in [-0.39, 0.29) is 39.5 Å². The third-order valence-corrected chi connectivity index (χ3v) is 6.27. The highest BCUT2D eigenvalue weighted by molar-refractivity contribution is 5.95. The summed E-state index contributed by atoms with van der Waals surface area (Å²) in [5.41, 5.74) is 5.15. The average Bonchev–Trinajstić information content (AvgIpc) is 3.09.